The van der Waals surface area contributed by atoms with Gasteiger partial charge in [-0.05, 0) is 26.8 Å². The highest BCUT2D eigenvalue weighted by molar-refractivity contribution is 14.0. The van der Waals surface area contributed by atoms with Gasteiger partial charge in [0.2, 0.25) is 0 Å². The van der Waals surface area contributed by atoms with Crippen LogP contribution in [0, 0.1) is 13.8 Å². The molecule has 0 aliphatic heterocycles. The topological polar surface area (TPSA) is 67.1 Å². The molecule has 2 rings (SSSR count). The van der Waals surface area contributed by atoms with E-state index in [0.717, 1.165) is 36.3 Å². The Morgan fingerprint density at radius 2 is 2.18 bits per heavy atom. The standard InChI is InChI=1S/C14H22N6S.HI/c1-4-15-14(16-7-9-20-8-5-6-18-20)17-10-13-11(2)19-12(3)21-13;/h5-6,8H,4,7,9-10H2,1-3H3,(H2,15,16,17);1H. The zero-order valence-electron chi connectivity index (χ0n) is 13.2. The lowest BCUT2D eigenvalue weighted by Crippen LogP contribution is -2.38. The number of aryl methyl sites for hydroxylation is 2. The molecule has 0 saturated heterocycles. The van der Waals surface area contributed by atoms with Gasteiger partial charge in [0.1, 0.15) is 0 Å². The third kappa shape index (κ3) is 5.91. The quantitative estimate of drug-likeness (QED) is 0.416. The van der Waals surface area contributed by atoms with E-state index in [4.69, 9.17) is 0 Å². The molecule has 0 aliphatic rings. The SMILES string of the molecule is CCNC(=NCc1sc(C)nc1C)NCCn1cccn1.I. The van der Waals surface area contributed by atoms with E-state index >= 15 is 0 Å². The summed E-state index contributed by atoms with van der Waals surface area (Å²) in [5.74, 6) is 0.829. The van der Waals surface area contributed by atoms with Gasteiger partial charge >= 0.3 is 0 Å². The van der Waals surface area contributed by atoms with Crippen LogP contribution in [0.1, 0.15) is 22.5 Å². The van der Waals surface area contributed by atoms with Gasteiger partial charge in [-0.25, -0.2) is 9.98 Å². The second-order valence-corrected chi connectivity index (χ2v) is 5.92. The normalized spacial score (nSPS) is 11.1. The summed E-state index contributed by atoms with van der Waals surface area (Å²) in [4.78, 5) is 10.3. The first-order chi connectivity index (χ1) is 10.2. The zero-order valence-corrected chi connectivity index (χ0v) is 16.3. The van der Waals surface area contributed by atoms with Crippen LogP contribution in [-0.4, -0.2) is 33.8 Å². The molecule has 0 atom stereocenters. The van der Waals surface area contributed by atoms with E-state index in [0.29, 0.717) is 6.54 Å². The van der Waals surface area contributed by atoms with E-state index in [-0.39, 0.29) is 24.0 Å². The monoisotopic (exact) mass is 434 g/mol. The van der Waals surface area contributed by atoms with E-state index < -0.39 is 0 Å². The molecule has 0 radical (unpaired) electrons. The van der Waals surface area contributed by atoms with Crippen molar-refractivity contribution in [3.05, 3.63) is 34.0 Å². The van der Waals surface area contributed by atoms with Gasteiger partial charge in [-0.15, -0.1) is 35.3 Å². The number of aromatic nitrogens is 3. The average Bonchev–Trinajstić information content (AvgIpc) is 3.06. The van der Waals surface area contributed by atoms with Gasteiger partial charge < -0.3 is 10.6 Å². The molecule has 0 fully saturated rings. The molecule has 0 amide bonds. The fourth-order valence-electron chi connectivity index (χ4n) is 1.93. The number of nitrogens with one attached hydrogen (secondary N) is 2. The molecule has 2 aromatic heterocycles. The van der Waals surface area contributed by atoms with Crippen LogP contribution in [0.4, 0.5) is 0 Å². The van der Waals surface area contributed by atoms with Crippen LogP contribution >= 0.6 is 35.3 Å². The summed E-state index contributed by atoms with van der Waals surface area (Å²) in [6.45, 7) is 9.23. The Morgan fingerprint density at radius 1 is 1.36 bits per heavy atom. The highest BCUT2D eigenvalue weighted by Crippen LogP contribution is 2.17. The maximum atomic E-state index is 4.61. The molecular formula is C14H23IN6S. The first kappa shape index (κ1) is 18.9. The Balaban J connectivity index is 0.00000242. The predicted octanol–water partition coefficient (Wildman–Crippen LogP) is 2.33. The van der Waals surface area contributed by atoms with Crippen LogP contribution in [0.3, 0.4) is 0 Å². The van der Waals surface area contributed by atoms with Crippen molar-refractivity contribution in [3.8, 4) is 0 Å². The van der Waals surface area contributed by atoms with Gasteiger partial charge in [0.25, 0.3) is 0 Å². The third-order valence-electron chi connectivity index (χ3n) is 2.92. The Labute approximate surface area is 152 Å². The molecule has 0 bridgehead atoms. The molecule has 8 heteroatoms. The van der Waals surface area contributed by atoms with Crippen molar-refractivity contribution < 1.29 is 0 Å². The van der Waals surface area contributed by atoms with Gasteiger partial charge in [0, 0.05) is 30.4 Å². The van der Waals surface area contributed by atoms with Crippen LogP contribution in [-0.2, 0) is 13.1 Å². The summed E-state index contributed by atoms with van der Waals surface area (Å²) in [6, 6.07) is 1.92. The summed E-state index contributed by atoms with van der Waals surface area (Å²) < 4.78 is 1.90. The van der Waals surface area contributed by atoms with Crippen LogP contribution in [0.2, 0.25) is 0 Å². The predicted molar refractivity (Wildman–Crippen MR) is 102 cm³/mol. The van der Waals surface area contributed by atoms with Crippen molar-refractivity contribution in [2.45, 2.75) is 33.9 Å². The van der Waals surface area contributed by atoms with Crippen LogP contribution in [0.15, 0.2) is 23.5 Å². The highest BCUT2D eigenvalue weighted by atomic mass is 127. The number of halogens is 1. The minimum absolute atomic E-state index is 0. The molecule has 0 aliphatic carbocycles. The number of hydrogen-bond donors (Lipinski definition) is 2. The van der Waals surface area contributed by atoms with Crippen LogP contribution in [0.5, 0.6) is 0 Å². The fraction of sp³-hybridized carbons (Fsp3) is 0.500. The maximum absolute atomic E-state index is 4.61. The minimum atomic E-state index is 0. The van der Waals surface area contributed by atoms with Gasteiger partial charge in [-0.3, -0.25) is 4.68 Å². The van der Waals surface area contributed by atoms with E-state index in [1.165, 1.54) is 4.88 Å². The number of rotatable bonds is 6. The number of aliphatic imine (C=N–C) groups is 1. The number of thiazole rings is 1. The van der Waals surface area contributed by atoms with E-state index in [1.54, 1.807) is 17.5 Å². The van der Waals surface area contributed by atoms with Crippen molar-refractivity contribution >= 4 is 41.3 Å². The average molecular weight is 434 g/mol. The van der Waals surface area contributed by atoms with Gasteiger partial charge in [-0.2, -0.15) is 5.10 Å². The Kier molecular flexibility index (Phi) is 8.39. The number of guanidine groups is 1. The molecule has 22 heavy (non-hydrogen) atoms. The van der Waals surface area contributed by atoms with Crippen molar-refractivity contribution in [2.24, 2.45) is 4.99 Å². The summed E-state index contributed by atoms with van der Waals surface area (Å²) in [5, 5.41) is 11.8. The molecule has 2 heterocycles. The van der Waals surface area contributed by atoms with Gasteiger partial charge in [0.05, 0.1) is 23.8 Å². The third-order valence-corrected chi connectivity index (χ3v) is 3.97. The van der Waals surface area contributed by atoms with Crippen LogP contribution in [0.25, 0.3) is 0 Å². The van der Waals surface area contributed by atoms with Gasteiger partial charge in [-0.1, -0.05) is 0 Å². The lowest BCUT2D eigenvalue weighted by molar-refractivity contribution is 0.598. The van der Waals surface area contributed by atoms with Gasteiger partial charge in [0.15, 0.2) is 5.96 Å². The van der Waals surface area contributed by atoms with Crippen molar-refractivity contribution in [1.82, 2.24) is 25.4 Å². The summed E-state index contributed by atoms with van der Waals surface area (Å²) >= 11 is 1.71. The van der Waals surface area contributed by atoms with E-state index in [1.807, 2.05) is 30.8 Å². The molecule has 0 aromatic carbocycles. The molecule has 0 unspecified atom stereocenters. The highest BCUT2D eigenvalue weighted by Gasteiger charge is 2.04. The second-order valence-electron chi connectivity index (χ2n) is 4.63. The molecular weight excluding hydrogens is 411 g/mol. The zero-order chi connectivity index (χ0) is 15.1. The Bertz CT molecular complexity index is 578. The van der Waals surface area contributed by atoms with Crippen molar-refractivity contribution in [2.75, 3.05) is 13.1 Å². The lowest BCUT2D eigenvalue weighted by atomic mass is 10.4. The summed E-state index contributed by atoms with van der Waals surface area (Å²) in [6.07, 6.45) is 3.74. The summed E-state index contributed by atoms with van der Waals surface area (Å²) in [7, 11) is 0. The first-order valence-corrected chi connectivity index (χ1v) is 7.93. The molecule has 0 spiro atoms. The first-order valence-electron chi connectivity index (χ1n) is 7.11. The Hall–Kier alpha value is -1.16. The fourth-order valence-corrected chi connectivity index (χ4v) is 2.80. The smallest absolute Gasteiger partial charge is 0.191 e. The largest absolute Gasteiger partial charge is 0.357 e. The van der Waals surface area contributed by atoms with Crippen molar-refractivity contribution in [3.63, 3.8) is 0 Å². The van der Waals surface area contributed by atoms with E-state index in [9.17, 15) is 0 Å². The maximum Gasteiger partial charge on any atom is 0.191 e. The molecule has 0 saturated carbocycles. The van der Waals surface area contributed by atoms with Crippen molar-refractivity contribution in [1.29, 1.82) is 0 Å². The number of nitrogens with zero attached hydrogens (tertiary/aromatic N) is 4. The minimum Gasteiger partial charge on any atom is -0.357 e. The van der Waals surface area contributed by atoms with E-state index in [2.05, 4.69) is 32.6 Å². The lowest BCUT2D eigenvalue weighted by Gasteiger charge is -2.11. The van der Waals surface area contributed by atoms with Crippen LogP contribution < -0.4 is 10.6 Å². The second kappa shape index (κ2) is 9.78. The molecule has 2 N–H and O–H groups in total. The molecule has 6 nitrogen and oxygen atoms in total. The number of hydrogen-bond acceptors (Lipinski definition) is 4. The Morgan fingerprint density at radius 3 is 2.77 bits per heavy atom. The molecule has 122 valence electrons. The molecule has 2 aromatic rings. The summed E-state index contributed by atoms with van der Waals surface area (Å²) in [5.41, 5.74) is 1.08.